The second-order valence-corrected chi connectivity index (χ2v) is 4.43. The van der Waals surface area contributed by atoms with Crippen LogP contribution in [0.1, 0.15) is 25.6 Å². The predicted molar refractivity (Wildman–Crippen MR) is 68.1 cm³/mol. The van der Waals surface area contributed by atoms with Gasteiger partial charge in [-0.3, -0.25) is 0 Å². The summed E-state index contributed by atoms with van der Waals surface area (Å²) in [5.41, 5.74) is 1.98. The maximum absolute atomic E-state index is 5.93. The average molecular weight is 238 g/mol. The van der Waals surface area contributed by atoms with Crippen molar-refractivity contribution >= 4 is 22.6 Å². The highest BCUT2D eigenvalue weighted by molar-refractivity contribution is 6.31. The summed E-state index contributed by atoms with van der Waals surface area (Å²) in [6, 6.07) is 5.72. The van der Waals surface area contributed by atoms with Gasteiger partial charge in [0.2, 0.25) is 0 Å². The standard InChI is InChI=1S/C12H16ClN3/c1-3-14-7-8(2)12-15-10-5-4-9(13)6-11(10)16-12/h4-6,8,14H,3,7H2,1-2H3,(H,15,16). The van der Waals surface area contributed by atoms with Crippen LogP contribution in [-0.2, 0) is 0 Å². The monoisotopic (exact) mass is 237 g/mol. The molecule has 86 valence electrons. The number of nitrogens with one attached hydrogen (secondary N) is 2. The molecular formula is C12H16ClN3. The van der Waals surface area contributed by atoms with E-state index in [1.54, 1.807) is 0 Å². The fourth-order valence-electron chi connectivity index (χ4n) is 1.69. The highest BCUT2D eigenvalue weighted by Crippen LogP contribution is 2.20. The van der Waals surface area contributed by atoms with Gasteiger partial charge in [-0.2, -0.15) is 0 Å². The summed E-state index contributed by atoms with van der Waals surface area (Å²) < 4.78 is 0. The van der Waals surface area contributed by atoms with Crippen LogP contribution in [0, 0.1) is 0 Å². The topological polar surface area (TPSA) is 40.7 Å². The summed E-state index contributed by atoms with van der Waals surface area (Å²) in [6.07, 6.45) is 0. The van der Waals surface area contributed by atoms with Crippen molar-refractivity contribution < 1.29 is 0 Å². The number of rotatable bonds is 4. The molecule has 0 aliphatic rings. The van der Waals surface area contributed by atoms with E-state index in [1.807, 2.05) is 18.2 Å². The molecule has 0 aliphatic heterocycles. The number of H-pyrrole nitrogens is 1. The Balaban J connectivity index is 2.25. The van der Waals surface area contributed by atoms with Gasteiger partial charge in [0.25, 0.3) is 0 Å². The number of aromatic amines is 1. The molecule has 0 fully saturated rings. The van der Waals surface area contributed by atoms with E-state index in [-0.39, 0.29) is 0 Å². The Bertz CT molecular complexity index is 478. The zero-order valence-electron chi connectivity index (χ0n) is 9.55. The number of halogens is 1. The molecule has 0 saturated carbocycles. The lowest BCUT2D eigenvalue weighted by atomic mass is 10.2. The van der Waals surface area contributed by atoms with Gasteiger partial charge < -0.3 is 10.3 Å². The molecule has 0 aliphatic carbocycles. The molecule has 2 aromatic rings. The molecule has 1 aromatic carbocycles. The van der Waals surface area contributed by atoms with Crippen molar-refractivity contribution in [2.24, 2.45) is 0 Å². The van der Waals surface area contributed by atoms with Gasteiger partial charge in [-0.1, -0.05) is 25.4 Å². The van der Waals surface area contributed by atoms with E-state index >= 15 is 0 Å². The minimum Gasteiger partial charge on any atom is -0.342 e. The summed E-state index contributed by atoms with van der Waals surface area (Å²) in [4.78, 5) is 7.86. The van der Waals surface area contributed by atoms with Crippen molar-refractivity contribution in [1.82, 2.24) is 15.3 Å². The third kappa shape index (κ3) is 2.36. The molecule has 0 saturated heterocycles. The quantitative estimate of drug-likeness (QED) is 0.859. The molecule has 3 nitrogen and oxygen atoms in total. The molecule has 0 spiro atoms. The van der Waals surface area contributed by atoms with Crippen molar-refractivity contribution in [3.8, 4) is 0 Å². The Labute approximate surface area is 100 Å². The fraction of sp³-hybridized carbons (Fsp3) is 0.417. The zero-order chi connectivity index (χ0) is 11.5. The minimum atomic E-state index is 0.381. The zero-order valence-corrected chi connectivity index (χ0v) is 10.3. The van der Waals surface area contributed by atoms with Crippen molar-refractivity contribution in [2.45, 2.75) is 19.8 Å². The SMILES string of the molecule is CCNCC(C)c1nc2ccc(Cl)cc2[nH]1. The maximum atomic E-state index is 5.93. The first-order valence-electron chi connectivity index (χ1n) is 5.56. The lowest BCUT2D eigenvalue weighted by molar-refractivity contribution is 0.614. The van der Waals surface area contributed by atoms with Gasteiger partial charge in [0.05, 0.1) is 11.0 Å². The number of aromatic nitrogens is 2. The van der Waals surface area contributed by atoms with E-state index in [2.05, 4.69) is 29.1 Å². The van der Waals surface area contributed by atoms with Gasteiger partial charge in [-0.25, -0.2) is 4.98 Å². The number of imidazole rings is 1. The number of hydrogen-bond donors (Lipinski definition) is 2. The van der Waals surface area contributed by atoms with Gasteiger partial charge in [0, 0.05) is 17.5 Å². The smallest absolute Gasteiger partial charge is 0.111 e. The highest BCUT2D eigenvalue weighted by atomic mass is 35.5. The number of likely N-dealkylation sites (N-methyl/N-ethyl adjacent to an activating group) is 1. The number of hydrogen-bond acceptors (Lipinski definition) is 2. The largest absolute Gasteiger partial charge is 0.342 e. The van der Waals surface area contributed by atoms with E-state index in [0.29, 0.717) is 5.92 Å². The normalized spacial score (nSPS) is 13.2. The van der Waals surface area contributed by atoms with Crippen LogP contribution in [0.2, 0.25) is 5.02 Å². The van der Waals surface area contributed by atoms with Crippen LogP contribution in [0.4, 0.5) is 0 Å². The Hall–Kier alpha value is -1.06. The molecule has 4 heteroatoms. The van der Waals surface area contributed by atoms with Crippen LogP contribution in [0.15, 0.2) is 18.2 Å². The van der Waals surface area contributed by atoms with Crippen LogP contribution in [0.25, 0.3) is 11.0 Å². The fourth-order valence-corrected chi connectivity index (χ4v) is 1.86. The maximum Gasteiger partial charge on any atom is 0.111 e. The van der Waals surface area contributed by atoms with Gasteiger partial charge >= 0.3 is 0 Å². The molecule has 1 heterocycles. The number of fused-ring (bicyclic) bond motifs is 1. The third-order valence-corrected chi connectivity index (χ3v) is 2.86. The predicted octanol–water partition coefficient (Wildman–Crippen LogP) is 2.93. The molecule has 1 unspecified atom stereocenters. The molecule has 2 N–H and O–H groups in total. The second kappa shape index (κ2) is 4.85. The summed E-state index contributed by atoms with van der Waals surface area (Å²) in [7, 11) is 0. The van der Waals surface area contributed by atoms with E-state index < -0.39 is 0 Å². The van der Waals surface area contributed by atoms with Crippen LogP contribution >= 0.6 is 11.6 Å². The summed E-state index contributed by atoms with van der Waals surface area (Å²) in [6.45, 7) is 6.17. The van der Waals surface area contributed by atoms with Gasteiger partial charge in [0.15, 0.2) is 0 Å². The van der Waals surface area contributed by atoms with Crippen molar-refractivity contribution in [3.63, 3.8) is 0 Å². The third-order valence-electron chi connectivity index (χ3n) is 2.63. The van der Waals surface area contributed by atoms with Crippen molar-refractivity contribution in [1.29, 1.82) is 0 Å². The van der Waals surface area contributed by atoms with Gasteiger partial charge in [0.1, 0.15) is 5.82 Å². The van der Waals surface area contributed by atoms with Crippen molar-refractivity contribution in [3.05, 3.63) is 29.0 Å². The lowest BCUT2D eigenvalue weighted by Gasteiger charge is -2.07. The second-order valence-electron chi connectivity index (χ2n) is 3.99. The molecule has 1 atom stereocenters. The van der Waals surface area contributed by atoms with E-state index in [0.717, 1.165) is 35.0 Å². The molecule has 16 heavy (non-hydrogen) atoms. The van der Waals surface area contributed by atoms with E-state index in [9.17, 15) is 0 Å². The van der Waals surface area contributed by atoms with Crippen molar-refractivity contribution in [2.75, 3.05) is 13.1 Å². The van der Waals surface area contributed by atoms with Crippen LogP contribution in [0.3, 0.4) is 0 Å². The Morgan fingerprint density at radius 2 is 2.31 bits per heavy atom. The number of benzene rings is 1. The lowest BCUT2D eigenvalue weighted by Crippen LogP contribution is -2.19. The molecule has 0 bridgehead atoms. The Morgan fingerprint density at radius 3 is 3.06 bits per heavy atom. The molecule has 0 amide bonds. The van der Waals surface area contributed by atoms with Gasteiger partial charge in [-0.15, -0.1) is 0 Å². The van der Waals surface area contributed by atoms with Crippen LogP contribution < -0.4 is 5.32 Å². The first-order valence-corrected chi connectivity index (χ1v) is 5.94. The van der Waals surface area contributed by atoms with E-state index in [1.165, 1.54) is 0 Å². The molecular weight excluding hydrogens is 222 g/mol. The molecule has 1 aromatic heterocycles. The summed E-state index contributed by atoms with van der Waals surface area (Å²) in [5, 5.41) is 4.05. The number of nitrogens with zero attached hydrogens (tertiary/aromatic N) is 1. The first-order chi connectivity index (χ1) is 7.70. The molecule has 0 radical (unpaired) electrons. The Morgan fingerprint density at radius 1 is 1.50 bits per heavy atom. The van der Waals surface area contributed by atoms with Crippen LogP contribution in [-0.4, -0.2) is 23.1 Å². The highest BCUT2D eigenvalue weighted by Gasteiger charge is 2.10. The minimum absolute atomic E-state index is 0.381. The molecule has 2 rings (SSSR count). The first kappa shape index (κ1) is 11.4. The van der Waals surface area contributed by atoms with Crippen LogP contribution in [0.5, 0.6) is 0 Å². The Kier molecular flexibility index (Phi) is 3.46. The summed E-state index contributed by atoms with van der Waals surface area (Å²) >= 11 is 5.93. The van der Waals surface area contributed by atoms with Gasteiger partial charge in [-0.05, 0) is 24.7 Å². The summed E-state index contributed by atoms with van der Waals surface area (Å²) in [5.74, 6) is 1.39. The average Bonchev–Trinajstić information content (AvgIpc) is 2.68. The van der Waals surface area contributed by atoms with E-state index in [4.69, 9.17) is 11.6 Å².